The first-order valence-electron chi connectivity index (χ1n) is 8.03. The van der Waals surface area contributed by atoms with Gasteiger partial charge in [0.05, 0.1) is 19.0 Å². The smallest absolute Gasteiger partial charge is 0.248 e. The Balaban J connectivity index is 1.71. The van der Waals surface area contributed by atoms with Gasteiger partial charge in [-0.15, -0.1) is 5.10 Å². The van der Waals surface area contributed by atoms with E-state index in [1.807, 2.05) is 12.1 Å². The van der Waals surface area contributed by atoms with Gasteiger partial charge in [-0.3, -0.25) is 9.78 Å². The Labute approximate surface area is 153 Å². The lowest BCUT2D eigenvalue weighted by Gasteiger charge is -2.03. The Hall–Kier alpha value is -4.01. The molecule has 9 nitrogen and oxygen atoms in total. The first-order valence-corrected chi connectivity index (χ1v) is 8.03. The predicted octanol–water partition coefficient (Wildman–Crippen LogP) is 2.04. The van der Waals surface area contributed by atoms with E-state index in [9.17, 15) is 4.79 Å². The fourth-order valence-corrected chi connectivity index (χ4v) is 2.60. The van der Waals surface area contributed by atoms with Crippen molar-refractivity contribution in [3.63, 3.8) is 0 Å². The van der Waals surface area contributed by atoms with Crippen molar-refractivity contribution in [1.82, 2.24) is 24.6 Å². The molecular formula is C18H15N7O2. The molecule has 0 saturated carbocycles. The Morgan fingerprint density at radius 3 is 2.85 bits per heavy atom. The zero-order chi connectivity index (χ0) is 18.8. The number of amides is 1. The summed E-state index contributed by atoms with van der Waals surface area (Å²) in [6, 6.07) is 10.5. The number of ether oxygens (including phenoxy) is 1. The molecule has 0 aliphatic carbocycles. The molecule has 0 spiro atoms. The van der Waals surface area contributed by atoms with Gasteiger partial charge in [-0.25, -0.2) is 9.50 Å². The number of aromatic nitrogens is 5. The van der Waals surface area contributed by atoms with E-state index in [1.54, 1.807) is 54.5 Å². The van der Waals surface area contributed by atoms with Crippen LogP contribution in [0.5, 0.6) is 5.88 Å². The fourth-order valence-electron chi connectivity index (χ4n) is 2.60. The molecule has 27 heavy (non-hydrogen) atoms. The average Bonchev–Trinajstić information content (AvgIpc) is 3.11. The third kappa shape index (κ3) is 3.25. The van der Waals surface area contributed by atoms with Crippen LogP contribution in [0.15, 0.2) is 55.0 Å². The zero-order valence-corrected chi connectivity index (χ0v) is 14.3. The SMILES string of the molecule is COc1ccc(Nc2nc3c(-c4cccc(C(N)=O)c4)nccn3n2)cn1. The monoisotopic (exact) mass is 361 g/mol. The molecular weight excluding hydrogens is 346 g/mol. The number of primary amides is 1. The lowest BCUT2D eigenvalue weighted by Crippen LogP contribution is -2.10. The first-order chi connectivity index (χ1) is 13.1. The van der Waals surface area contributed by atoms with E-state index in [0.717, 1.165) is 11.3 Å². The third-order valence-electron chi connectivity index (χ3n) is 3.88. The van der Waals surface area contributed by atoms with Crippen LogP contribution >= 0.6 is 0 Å². The van der Waals surface area contributed by atoms with Gasteiger partial charge in [-0.05, 0) is 18.2 Å². The molecule has 0 atom stereocenters. The lowest BCUT2D eigenvalue weighted by atomic mass is 10.1. The highest BCUT2D eigenvalue weighted by Gasteiger charge is 2.13. The van der Waals surface area contributed by atoms with Crippen LogP contribution in [0.2, 0.25) is 0 Å². The second-order valence-corrected chi connectivity index (χ2v) is 5.64. The summed E-state index contributed by atoms with van der Waals surface area (Å²) in [6.07, 6.45) is 4.94. The van der Waals surface area contributed by atoms with E-state index in [1.165, 1.54) is 0 Å². The van der Waals surface area contributed by atoms with Crippen molar-refractivity contribution in [2.24, 2.45) is 5.73 Å². The number of benzene rings is 1. The maximum Gasteiger partial charge on any atom is 0.248 e. The van der Waals surface area contributed by atoms with Gasteiger partial charge < -0.3 is 15.8 Å². The maximum atomic E-state index is 11.4. The Bertz CT molecular complexity index is 1120. The molecule has 0 unspecified atom stereocenters. The fraction of sp³-hybridized carbons (Fsp3) is 0.0556. The number of carbonyl (C=O) groups is 1. The number of anilines is 2. The number of pyridine rings is 1. The standard InChI is InChI=1S/C18H15N7O2/c1-27-14-6-5-13(10-21-14)22-18-23-17-15(20-7-8-25(17)24-18)11-3-2-4-12(9-11)16(19)26/h2-10H,1H3,(H2,19,26)(H,22,24). The molecule has 0 fully saturated rings. The van der Waals surface area contributed by atoms with Crippen LogP contribution in [-0.2, 0) is 0 Å². The van der Waals surface area contributed by atoms with Crippen molar-refractivity contribution in [3.05, 3.63) is 60.6 Å². The van der Waals surface area contributed by atoms with Crippen LogP contribution in [0.1, 0.15) is 10.4 Å². The number of nitrogens with one attached hydrogen (secondary N) is 1. The molecule has 134 valence electrons. The van der Waals surface area contributed by atoms with Gasteiger partial charge >= 0.3 is 0 Å². The maximum absolute atomic E-state index is 11.4. The van der Waals surface area contributed by atoms with E-state index in [0.29, 0.717) is 28.7 Å². The van der Waals surface area contributed by atoms with Crippen LogP contribution in [-0.4, -0.2) is 37.6 Å². The molecule has 3 heterocycles. The number of hydrogen-bond acceptors (Lipinski definition) is 7. The van der Waals surface area contributed by atoms with Crippen molar-refractivity contribution < 1.29 is 9.53 Å². The number of nitrogens with two attached hydrogens (primary N) is 1. The Kier molecular flexibility index (Phi) is 4.09. The van der Waals surface area contributed by atoms with Crippen LogP contribution in [0.4, 0.5) is 11.6 Å². The third-order valence-corrected chi connectivity index (χ3v) is 3.88. The second-order valence-electron chi connectivity index (χ2n) is 5.64. The van der Waals surface area contributed by atoms with E-state index in [-0.39, 0.29) is 0 Å². The summed E-state index contributed by atoms with van der Waals surface area (Å²) in [6.45, 7) is 0. The topological polar surface area (TPSA) is 120 Å². The minimum absolute atomic E-state index is 0.391. The first kappa shape index (κ1) is 16.5. The largest absolute Gasteiger partial charge is 0.481 e. The molecule has 0 saturated heterocycles. The van der Waals surface area contributed by atoms with Gasteiger partial charge in [-0.1, -0.05) is 12.1 Å². The summed E-state index contributed by atoms with van der Waals surface area (Å²) in [4.78, 5) is 24.5. The second kappa shape index (κ2) is 6.71. The van der Waals surface area contributed by atoms with Gasteiger partial charge in [0, 0.05) is 29.6 Å². The van der Waals surface area contributed by atoms with Crippen molar-refractivity contribution in [2.75, 3.05) is 12.4 Å². The van der Waals surface area contributed by atoms with Crippen molar-refractivity contribution in [1.29, 1.82) is 0 Å². The molecule has 0 aliphatic heterocycles. The summed E-state index contributed by atoms with van der Waals surface area (Å²) in [5.74, 6) is 0.409. The molecule has 1 amide bonds. The minimum Gasteiger partial charge on any atom is -0.481 e. The van der Waals surface area contributed by atoms with Crippen molar-refractivity contribution >= 4 is 23.2 Å². The molecule has 0 radical (unpaired) electrons. The van der Waals surface area contributed by atoms with E-state index >= 15 is 0 Å². The van der Waals surface area contributed by atoms with Crippen LogP contribution in [0, 0.1) is 0 Å². The van der Waals surface area contributed by atoms with Crippen LogP contribution in [0.25, 0.3) is 16.9 Å². The van der Waals surface area contributed by atoms with E-state index < -0.39 is 5.91 Å². The summed E-state index contributed by atoms with van der Waals surface area (Å²) < 4.78 is 6.65. The number of methoxy groups -OCH3 is 1. The van der Waals surface area contributed by atoms with Crippen molar-refractivity contribution in [2.45, 2.75) is 0 Å². The summed E-state index contributed by atoms with van der Waals surface area (Å²) in [7, 11) is 1.56. The van der Waals surface area contributed by atoms with E-state index in [4.69, 9.17) is 10.5 Å². The number of nitrogens with zero attached hydrogens (tertiary/aromatic N) is 5. The number of hydrogen-bond donors (Lipinski definition) is 2. The predicted molar refractivity (Wildman–Crippen MR) is 98.8 cm³/mol. The normalized spacial score (nSPS) is 10.7. The molecule has 3 aromatic heterocycles. The van der Waals surface area contributed by atoms with Crippen LogP contribution in [0.3, 0.4) is 0 Å². The Morgan fingerprint density at radius 2 is 2.11 bits per heavy atom. The van der Waals surface area contributed by atoms with Crippen molar-refractivity contribution in [3.8, 4) is 17.1 Å². The summed E-state index contributed by atoms with van der Waals surface area (Å²) >= 11 is 0. The zero-order valence-electron chi connectivity index (χ0n) is 14.3. The highest BCUT2D eigenvalue weighted by molar-refractivity contribution is 5.94. The van der Waals surface area contributed by atoms with Gasteiger partial charge in [0.2, 0.25) is 17.7 Å². The van der Waals surface area contributed by atoms with Gasteiger partial charge in [0.15, 0.2) is 5.65 Å². The molecule has 9 heteroatoms. The lowest BCUT2D eigenvalue weighted by molar-refractivity contribution is 0.100. The number of carbonyl (C=O) groups excluding carboxylic acids is 1. The average molecular weight is 361 g/mol. The molecule has 4 rings (SSSR count). The quantitative estimate of drug-likeness (QED) is 0.558. The Morgan fingerprint density at radius 1 is 1.22 bits per heavy atom. The summed E-state index contributed by atoms with van der Waals surface area (Å²) in [5.41, 5.74) is 8.35. The molecule has 0 aliphatic rings. The number of rotatable bonds is 5. The van der Waals surface area contributed by atoms with E-state index in [2.05, 4.69) is 25.4 Å². The number of fused-ring (bicyclic) bond motifs is 1. The summed E-state index contributed by atoms with van der Waals surface area (Å²) in [5, 5.41) is 7.49. The minimum atomic E-state index is -0.500. The van der Waals surface area contributed by atoms with Crippen LogP contribution < -0.4 is 15.8 Å². The molecule has 1 aromatic carbocycles. The highest BCUT2D eigenvalue weighted by atomic mass is 16.5. The molecule has 4 aromatic rings. The van der Waals surface area contributed by atoms with Gasteiger partial charge in [-0.2, -0.15) is 4.98 Å². The molecule has 0 bridgehead atoms. The van der Waals surface area contributed by atoms with Gasteiger partial charge in [0.1, 0.15) is 5.69 Å². The molecule has 3 N–H and O–H groups in total. The highest BCUT2D eigenvalue weighted by Crippen LogP contribution is 2.23. The van der Waals surface area contributed by atoms with Gasteiger partial charge in [0.25, 0.3) is 0 Å².